The Morgan fingerprint density at radius 3 is 2.27 bits per heavy atom. The number of hydrogen-bond acceptors (Lipinski definition) is 1. The van der Waals surface area contributed by atoms with Crippen molar-refractivity contribution in [2.24, 2.45) is 0 Å². The highest BCUT2D eigenvalue weighted by molar-refractivity contribution is 5.08. The molecule has 0 N–H and O–H groups in total. The van der Waals surface area contributed by atoms with Gasteiger partial charge in [0.25, 0.3) is 0 Å². The molecule has 1 aliphatic rings. The highest BCUT2D eigenvalue weighted by Crippen LogP contribution is 2.34. The molecule has 0 aromatic carbocycles. The molecule has 0 bridgehead atoms. The van der Waals surface area contributed by atoms with Gasteiger partial charge in [-0.25, -0.2) is 0 Å². The lowest BCUT2D eigenvalue weighted by Gasteiger charge is -2.40. The average Bonchev–Trinajstić information content (AvgIpc) is 1.85. The Morgan fingerprint density at radius 1 is 1.27 bits per heavy atom. The summed E-state index contributed by atoms with van der Waals surface area (Å²) in [6, 6.07) is 0. The fraction of sp³-hybridized carbons (Fsp3) is 0.800. The topological polar surface area (TPSA) is 9.23 Å². The molecule has 1 heteroatoms. The largest absolute Gasteiger partial charge is 0.357 e. The van der Waals surface area contributed by atoms with Crippen molar-refractivity contribution in [2.75, 3.05) is 0 Å². The van der Waals surface area contributed by atoms with E-state index in [0.717, 1.165) is 12.8 Å². The van der Waals surface area contributed by atoms with E-state index in [1.165, 1.54) is 6.42 Å². The van der Waals surface area contributed by atoms with Crippen LogP contribution in [-0.4, -0.2) is 11.2 Å². The average molecular weight is 152 g/mol. The van der Waals surface area contributed by atoms with E-state index in [-0.39, 0.29) is 11.2 Å². The summed E-state index contributed by atoms with van der Waals surface area (Å²) in [5.74, 6) is 2.71. The number of ether oxygens (including phenoxy) is 1. The third kappa shape index (κ3) is 1.97. The summed E-state index contributed by atoms with van der Waals surface area (Å²) in [5, 5.41) is 0. The minimum absolute atomic E-state index is 0.0284. The molecule has 1 aliphatic heterocycles. The Bertz CT molecular complexity index is 188. The van der Waals surface area contributed by atoms with E-state index in [1.807, 2.05) is 6.92 Å². The summed E-state index contributed by atoms with van der Waals surface area (Å²) in [6.07, 6.45) is 8.67. The highest BCUT2D eigenvalue weighted by Gasteiger charge is 2.35. The van der Waals surface area contributed by atoms with Gasteiger partial charge in [0, 0.05) is 0 Å². The summed E-state index contributed by atoms with van der Waals surface area (Å²) >= 11 is 0. The summed E-state index contributed by atoms with van der Waals surface area (Å²) < 4.78 is 5.77. The molecule has 1 heterocycles. The van der Waals surface area contributed by atoms with Gasteiger partial charge in [-0.05, 0) is 40.0 Å². The lowest BCUT2D eigenvalue weighted by atomic mass is 9.88. The molecule has 1 rings (SSSR count). The van der Waals surface area contributed by atoms with Crippen LogP contribution in [0.25, 0.3) is 0 Å². The first-order valence-corrected chi connectivity index (χ1v) is 4.15. The molecule has 0 unspecified atom stereocenters. The Labute approximate surface area is 69.1 Å². The molecular weight excluding hydrogens is 136 g/mol. The molecule has 1 fully saturated rings. The molecule has 0 spiro atoms. The standard InChI is InChI=1S/C10H16O/c1-5-10(4)8-6-7-9(2,3)11-10/h1H,6-8H2,2-4H3/t10-/m1/s1. The smallest absolute Gasteiger partial charge is 0.126 e. The van der Waals surface area contributed by atoms with Gasteiger partial charge in [0.2, 0.25) is 0 Å². The van der Waals surface area contributed by atoms with E-state index in [4.69, 9.17) is 11.2 Å². The lowest BCUT2D eigenvalue weighted by Crippen LogP contribution is -2.42. The monoisotopic (exact) mass is 152 g/mol. The second-order valence-corrected chi connectivity index (χ2v) is 4.09. The molecule has 0 aromatic heterocycles. The molecule has 1 atom stereocenters. The van der Waals surface area contributed by atoms with Crippen LogP contribution < -0.4 is 0 Å². The van der Waals surface area contributed by atoms with Crippen molar-refractivity contribution in [3.63, 3.8) is 0 Å². The normalized spacial score (nSPS) is 36.2. The Morgan fingerprint density at radius 2 is 1.91 bits per heavy atom. The summed E-state index contributed by atoms with van der Waals surface area (Å²) in [7, 11) is 0. The molecule has 11 heavy (non-hydrogen) atoms. The lowest BCUT2D eigenvalue weighted by molar-refractivity contribution is -0.134. The Kier molecular flexibility index (Phi) is 1.98. The van der Waals surface area contributed by atoms with Gasteiger partial charge in [0.15, 0.2) is 0 Å². The van der Waals surface area contributed by atoms with Gasteiger partial charge in [-0.15, -0.1) is 6.42 Å². The van der Waals surface area contributed by atoms with Crippen LogP contribution in [-0.2, 0) is 4.74 Å². The van der Waals surface area contributed by atoms with E-state index < -0.39 is 0 Å². The quantitative estimate of drug-likeness (QED) is 0.484. The zero-order chi connectivity index (χ0) is 8.54. The molecule has 0 saturated carbocycles. The summed E-state index contributed by atoms with van der Waals surface area (Å²) in [4.78, 5) is 0. The minimum atomic E-state index is -0.318. The molecule has 1 nitrogen and oxygen atoms in total. The van der Waals surface area contributed by atoms with Crippen molar-refractivity contribution in [3.8, 4) is 12.3 Å². The Hall–Kier alpha value is -0.480. The van der Waals surface area contributed by atoms with Crippen molar-refractivity contribution in [2.45, 2.75) is 51.2 Å². The number of rotatable bonds is 0. The second kappa shape index (κ2) is 2.53. The van der Waals surface area contributed by atoms with Gasteiger partial charge in [0.05, 0.1) is 5.60 Å². The minimum Gasteiger partial charge on any atom is -0.357 e. The molecule has 0 aromatic rings. The highest BCUT2D eigenvalue weighted by atomic mass is 16.5. The third-order valence-corrected chi connectivity index (χ3v) is 2.24. The molecule has 0 radical (unpaired) electrons. The first-order chi connectivity index (χ1) is 4.97. The van der Waals surface area contributed by atoms with E-state index in [9.17, 15) is 0 Å². The van der Waals surface area contributed by atoms with Crippen molar-refractivity contribution >= 4 is 0 Å². The van der Waals surface area contributed by atoms with Gasteiger partial charge in [-0.3, -0.25) is 0 Å². The third-order valence-electron chi connectivity index (χ3n) is 2.24. The maximum absolute atomic E-state index is 5.77. The van der Waals surface area contributed by atoms with E-state index in [0.29, 0.717) is 0 Å². The maximum atomic E-state index is 5.77. The van der Waals surface area contributed by atoms with Crippen molar-refractivity contribution in [1.29, 1.82) is 0 Å². The van der Waals surface area contributed by atoms with Crippen molar-refractivity contribution in [1.82, 2.24) is 0 Å². The van der Waals surface area contributed by atoms with Gasteiger partial charge < -0.3 is 4.74 Å². The van der Waals surface area contributed by atoms with Gasteiger partial charge in [-0.2, -0.15) is 0 Å². The zero-order valence-electron chi connectivity index (χ0n) is 7.61. The van der Waals surface area contributed by atoms with Crippen LogP contribution in [0.1, 0.15) is 40.0 Å². The molecule has 0 amide bonds. The van der Waals surface area contributed by atoms with Crippen LogP contribution in [0.2, 0.25) is 0 Å². The van der Waals surface area contributed by atoms with Crippen LogP contribution in [0.5, 0.6) is 0 Å². The SMILES string of the molecule is C#C[C@]1(C)CCCC(C)(C)O1. The van der Waals surface area contributed by atoms with E-state index in [1.54, 1.807) is 0 Å². The Balaban J connectivity index is 2.69. The molecular formula is C10H16O. The summed E-state index contributed by atoms with van der Waals surface area (Å²) in [5.41, 5.74) is -0.346. The predicted molar refractivity (Wildman–Crippen MR) is 46.3 cm³/mol. The fourth-order valence-electron chi connectivity index (χ4n) is 1.66. The van der Waals surface area contributed by atoms with Gasteiger partial charge in [-0.1, -0.05) is 5.92 Å². The van der Waals surface area contributed by atoms with Crippen LogP contribution in [0, 0.1) is 12.3 Å². The summed E-state index contributed by atoms with van der Waals surface area (Å²) in [6.45, 7) is 6.19. The maximum Gasteiger partial charge on any atom is 0.126 e. The van der Waals surface area contributed by atoms with Crippen LogP contribution in [0.3, 0.4) is 0 Å². The number of hydrogen-bond donors (Lipinski definition) is 0. The second-order valence-electron chi connectivity index (χ2n) is 4.09. The first kappa shape index (κ1) is 8.62. The van der Waals surface area contributed by atoms with Crippen LogP contribution >= 0.6 is 0 Å². The van der Waals surface area contributed by atoms with E-state index in [2.05, 4.69) is 19.8 Å². The van der Waals surface area contributed by atoms with Gasteiger partial charge in [0.1, 0.15) is 5.60 Å². The molecule has 62 valence electrons. The predicted octanol–water partition coefficient (Wildman–Crippen LogP) is 2.36. The van der Waals surface area contributed by atoms with Crippen molar-refractivity contribution < 1.29 is 4.74 Å². The van der Waals surface area contributed by atoms with Gasteiger partial charge >= 0.3 is 0 Å². The fourth-order valence-corrected chi connectivity index (χ4v) is 1.66. The van der Waals surface area contributed by atoms with Crippen LogP contribution in [0.4, 0.5) is 0 Å². The molecule has 0 aliphatic carbocycles. The van der Waals surface area contributed by atoms with Crippen LogP contribution in [0.15, 0.2) is 0 Å². The van der Waals surface area contributed by atoms with Crippen molar-refractivity contribution in [3.05, 3.63) is 0 Å². The molecule has 1 saturated heterocycles. The van der Waals surface area contributed by atoms with E-state index >= 15 is 0 Å². The first-order valence-electron chi connectivity index (χ1n) is 4.15. The number of terminal acetylenes is 1. The zero-order valence-corrected chi connectivity index (χ0v) is 7.61.